The molecule has 0 aliphatic heterocycles. The Kier molecular flexibility index (Phi) is 4.14. The number of hydrogen-bond acceptors (Lipinski definition) is 7. The molecule has 0 atom stereocenters. The molecule has 8 nitrogen and oxygen atoms in total. The van der Waals surface area contributed by atoms with E-state index in [0.29, 0.717) is 17.8 Å². The number of sulfone groups is 1. The Hall–Kier alpha value is -2.99. The monoisotopic (exact) mass is 342 g/mol. The van der Waals surface area contributed by atoms with Gasteiger partial charge < -0.3 is 5.32 Å². The van der Waals surface area contributed by atoms with Gasteiger partial charge in [-0.1, -0.05) is 5.21 Å². The van der Waals surface area contributed by atoms with E-state index in [1.54, 1.807) is 12.3 Å². The first-order valence-corrected chi connectivity index (χ1v) is 9.09. The molecular weight excluding hydrogens is 328 g/mol. The van der Waals surface area contributed by atoms with Gasteiger partial charge in [0.2, 0.25) is 0 Å². The summed E-state index contributed by atoms with van der Waals surface area (Å²) in [6.07, 6.45) is 4.27. The van der Waals surface area contributed by atoms with E-state index in [2.05, 4.69) is 26.7 Å². The van der Waals surface area contributed by atoms with E-state index < -0.39 is 9.84 Å². The lowest BCUT2D eigenvalue weighted by atomic mass is 10.1. The second-order valence-corrected chi connectivity index (χ2v) is 7.51. The second kappa shape index (κ2) is 6.25. The summed E-state index contributed by atoms with van der Waals surface area (Å²) in [5.41, 5.74) is 2.78. The first-order valence-electron chi connectivity index (χ1n) is 7.03. The summed E-state index contributed by atoms with van der Waals surface area (Å²) in [7, 11) is -3.16. The number of nitriles is 1. The number of rotatable bonds is 5. The molecule has 0 spiro atoms. The summed E-state index contributed by atoms with van der Waals surface area (Å²) in [6, 6.07) is 9.47. The number of nitrogens with one attached hydrogen (secondary N) is 1. The van der Waals surface area contributed by atoms with Crippen molar-refractivity contribution >= 4 is 26.4 Å². The topological polar surface area (TPSA) is 114 Å². The Bertz CT molecular complexity index is 1040. The fourth-order valence-corrected chi connectivity index (χ4v) is 2.82. The lowest BCUT2D eigenvalue weighted by molar-refractivity contribution is 0.577. The number of anilines is 1. The van der Waals surface area contributed by atoms with E-state index in [9.17, 15) is 8.42 Å². The van der Waals surface area contributed by atoms with E-state index in [1.165, 1.54) is 10.9 Å². The number of aromatic nitrogens is 4. The van der Waals surface area contributed by atoms with Crippen LogP contribution in [0, 0.1) is 11.3 Å². The van der Waals surface area contributed by atoms with Crippen molar-refractivity contribution < 1.29 is 8.42 Å². The van der Waals surface area contributed by atoms with E-state index >= 15 is 0 Å². The highest BCUT2D eigenvalue weighted by Crippen LogP contribution is 2.19. The first kappa shape index (κ1) is 15.9. The zero-order valence-corrected chi connectivity index (χ0v) is 13.7. The number of nitrogens with zero attached hydrogens (tertiary/aromatic N) is 5. The van der Waals surface area contributed by atoms with E-state index in [0.717, 1.165) is 22.8 Å². The summed E-state index contributed by atoms with van der Waals surface area (Å²) in [4.78, 5) is 4.22. The van der Waals surface area contributed by atoms with Gasteiger partial charge in [0.1, 0.15) is 17.6 Å². The summed E-state index contributed by atoms with van der Waals surface area (Å²) in [5, 5.41) is 20.7. The predicted molar refractivity (Wildman–Crippen MR) is 88.7 cm³/mol. The molecule has 9 heteroatoms. The third-order valence-corrected chi connectivity index (χ3v) is 3.97. The zero-order chi connectivity index (χ0) is 17.2. The van der Waals surface area contributed by atoms with Crippen LogP contribution in [0.25, 0.3) is 10.9 Å². The van der Waals surface area contributed by atoms with Crippen LogP contribution >= 0.6 is 0 Å². The number of fused-ring (bicyclic) bond motifs is 1. The highest BCUT2D eigenvalue weighted by atomic mass is 32.2. The first-order chi connectivity index (χ1) is 11.4. The molecule has 0 aliphatic carbocycles. The number of pyridine rings is 1. The Morgan fingerprint density at radius 2 is 2.17 bits per heavy atom. The van der Waals surface area contributed by atoms with Crippen molar-refractivity contribution in [1.29, 1.82) is 5.26 Å². The molecule has 122 valence electrons. The maximum atomic E-state index is 11.2. The van der Waals surface area contributed by atoms with Crippen molar-refractivity contribution in [3.8, 4) is 6.07 Å². The molecule has 3 rings (SSSR count). The van der Waals surface area contributed by atoms with Gasteiger partial charge in [0.25, 0.3) is 0 Å². The van der Waals surface area contributed by atoms with Crippen LogP contribution in [0.4, 0.5) is 5.69 Å². The van der Waals surface area contributed by atoms with Gasteiger partial charge in [-0.2, -0.15) is 5.26 Å². The normalized spacial score (nSPS) is 11.3. The van der Waals surface area contributed by atoms with Crippen LogP contribution in [-0.4, -0.2) is 34.7 Å². The lowest BCUT2D eigenvalue weighted by Gasteiger charge is -2.05. The van der Waals surface area contributed by atoms with Crippen molar-refractivity contribution in [1.82, 2.24) is 20.0 Å². The average Bonchev–Trinajstić information content (AvgIpc) is 2.97. The van der Waals surface area contributed by atoms with Gasteiger partial charge in [0.15, 0.2) is 9.84 Å². The van der Waals surface area contributed by atoms with Crippen LogP contribution in [0.3, 0.4) is 0 Å². The molecule has 24 heavy (non-hydrogen) atoms. The maximum absolute atomic E-state index is 11.2. The highest BCUT2D eigenvalue weighted by molar-refractivity contribution is 7.89. The average molecular weight is 342 g/mol. The van der Waals surface area contributed by atoms with Gasteiger partial charge in [-0.05, 0) is 24.3 Å². The minimum absolute atomic E-state index is 0.196. The van der Waals surface area contributed by atoms with Crippen LogP contribution in [-0.2, 0) is 22.3 Å². The molecule has 0 amide bonds. The molecule has 2 heterocycles. The Morgan fingerprint density at radius 1 is 1.33 bits per heavy atom. The molecule has 1 N–H and O–H groups in total. The van der Waals surface area contributed by atoms with Crippen LogP contribution in [0.5, 0.6) is 0 Å². The maximum Gasteiger partial charge on any atom is 0.167 e. The fourth-order valence-electron chi connectivity index (χ4n) is 2.22. The zero-order valence-electron chi connectivity index (χ0n) is 12.8. The third kappa shape index (κ3) is 3.85. The molecule has 0 unspecified atom stereocenters. The van der Waals surface area contributed by atoms with Crippen molar-refractivity contribution in [2.45, 2.75) is 12.4 Å². The number of hydrogen-bond donors (Lipinski definition) is 1. The van der Waals surface area contributed by atoms with E-state index in [1.807, 2.05) is 18.2 Å². The molecule has 1 aromatic carbocycles. The standard InChI is InChI=1S/C15H14N6O2S/c1-24(22,23)10-21-9-14(19-20-21)8-17-13-2-3-15-12(5-13)4-11(6-16)7-18-15/h2-5,7,9,17H,8,10H2,1H3. The molecule has 0 saturated heterocycles. The van der Waals surface area contributed by atoms with Gasteiger partial charge in [-0.15, -0.1) is 5.10 Å². The summed E-state index contributed by atoms with van der Waals surface area (Å²) in [6.45, 7) is 0.403. The Balaban J connectivity index is 1.72. The summed E-state index contributed by atoms with van der Waals surface area (Å²) in [5.74, 6) is -0.196. The molecule has 0 aliphatic rings. The van der Waals surface area contributed by atoms with Crippen molar-refractivity contribution in [2.24, 2.45) is 0 Å². The fraction of sp³-hybridized carbons (Fsp3) is 0.200. The van der Waals surface area contributed by atoms with Crippen LogP contribution in [0.2, 0.25) is 0 Å². The molecule has 0 bridgehead atoms. The molecule has 3 aromatic rings. The molecule has 0 fully saturated rings. The van der Waals surface area contributed by atoms with Crippen molar-refractivity contribution in [3.63, 3.8) is 0 Å². The van der Waals surface area contributed by atoms with Gasteiger partial charge in [-0.3, -0.25) is 4.98 Å². The summed E-state index contributed by atoms with van der Waals surface area (Å²) >= 11 is 0. The van der Waals surface area contributed by atoms with Crippen LogP contribution < -0.4 is 5.32 Å². The number of benzene rings is 1. The second-order valence-electron chi connectivity index (χ2n) is 5.40. The summed E-state index contributed by atoms with van der Waals surface area (Å²) < 4.78 is 23.8. The third-order valence-electron chi connectivity index (χ3n) is 3.24. The van der Waals surface area contributed by atoms with Gasteiger partial charge >= 0.3 is 0 Å². The molecule has 0 radical (unpaired) electrons. The smallest absolute Gasteiger partial charge is 0.167 e. The predicted octanol–water partition coefficient (Wildman–Crippen LogP) is 1.31. The van der Waals surface area contributed by atoms with Crippen LogP contribution in [0.15, 0.2) is 36.7 Å². The largest absolute Gasteiger partial charge is 0.379 e. The van der Waals surface area contributed by atoms with Crippen molar-refractivity contribution in [3.05, 3.63) is 47.9 Å². The molecule has 0 saturated carbocycles. The van der Waals surface area contributed by atoms with Gasteiger partial charge in [-0.25, -0.2) is 13.1 Å². The van der Waals surface area contributed by atoms with Gasteiger partial charge in [0, 0.05) is 23.5 Å². The van der Waals surface area contributed by atoms with Crippen molar-refractivity contribution in [2.75, 3.05) is 11.6 Å². The highest BCUT2D eigenvalue weighted by Gasteiger charge is 2.07. The molecular formula is C15H14N6O2S. The minimum Gasteiger partial charge on any atom is -0.379 e. The minimum atomic E-state index is -3.16. The Morgan fingerprint density at radius 3 is 2.92 bits per heavy atom. The Labute approximate surface area is 138 Å². The SMILES string of the molecule is CS(=O)(=O)Cn1cc(CNc2ccc3ncc(C#N)cc3c2)nn1. The van der Waals surface area contributed by atoms with E-state index in [-0.39, 0.29) is 5.88 Å². The van der Waals surface area contributed by atoms with Gasteiger partial charge in [0.05, 0.1) is 23.8 Å². The molecule has 2 aromatic heterocycles. The quantitative estimate of drug-likeness (QED) is 0.743. The van der Waals surface area contributed by atoms with Crippen LogP contribution in [0.1, 0.15) is 11.3 Å². The van der Waals surface area contributed by atoms with E-state index in [4.69, 9.17) is 5.26 Å². The lowest BCUT2D eigenvalue weighted by Crippen LogP contribution is -2.09.